The van der Waals surface area contributed by atoms with Crippen molar-refractivity contribution in [1.29, 1.82) is 5.26 Å². The van der Waals surface area contributed by atoms with Crippen molar-refractivity contribution in [2.24, 2.45) is 7.05 Å². The van der Waals surface area contributed by atoms with Gasteiger partial charge in [-0.25, -0.2) is 4.98 Å². The van der Waals surface area contributed by atoms with E-state index in [2.05, 4.69) is 10.1 Å². The second kappa shape index (κ2) is 9.46. The van der Waals surface area contributed by atoms with Gasteiger partial charge in [0.15, 0.2) is 17.0 Å². The summed E-state index contributed by atoms with van der Waals surface area (Å²) in [6.07, 6.45) is 4.92. The summed E-state index contributed by atoms with van der Waals surface area (Å²) in [7, 11) is 1.88. The second-order valence-electron chi connectivity index (χ2n) is 9.35. The van der Waals surface area contributed by atoms with E-state index >= 15 is 0 Å². The Morgan fingerprint density at radius 2 is 2.08 bits per heavy atom. The fraction of sp³-hybridized carbons (Fsp3) is 0.440. The molecule has 1 unspecified atom stereocenters. The van der Waals surface area contributed by atoms with Crippen molar-refractivity contribution in [3.8, 4) is 6.07 Å². The molecule has 2 aliphatic carbocycles. The Labute approximate surface area is 217 Å². The lowest BCUT2D eigenvalue weighted by molar-refractivity contribution is -0.138. The summed E-state index contributed by atoms with van der Waals surface area (Å²) < 4.78 is 48.5. The van der Waals surface area contributed by atoms with E-state index in [9.17, 15) is 18.3 Å². The summed E-state index contributed by atoms with van der Waals surface area (Å²) in [4.78, 5) is 6.93. The highest BCUT2D eigenvalue weighted by molar-refractivity contribution is 7.80. The minimum Gasteiger partial charge on any atom is -0.498 e. The largest absolute Gasteiger partial charge is 0.498 e. The number of nitrogens with zero attached hydrogens (tertiary/aromatic N) is 6. The average Bonchev–Trinajstić information content (AvgIpc) is 3.35. The first-order valence-electron chi connectivity index (χ1n) is 11.9. The zero-order chi connectivity index (χ0) is 26.4. The Morgan fingerprint density at radius 3 is 2.65 bits per heavy atom. The number of halogens is 3. The topological polar surface area (TPSA) is 90.4 Å². The number of pyridine rings is 1. The smallest absolute Gasteiger partial charge is 0.419 e. The van der Waals surface area contributed by atoms with Gasteiger partial charge in [-0.05, 0) is 62.2 Å². The van der Waals surface area contributed by atoms with E-state index < -0.39 is 29.2 Å². The summed E-state index contributed by atoms with van der Waals surface area (Å²) in [5.41, 5.74) is -0.645. The van der Waals surface area contributed by atoms with Gasteiger partial charge in [0.2, 0.25) is 0 Å². The fourth-order valence-corrected chi connectivity index (χ4v) is 5.68. The van der Waals surface area contributed by atoms with Crippen LogP contribution in [0.1, 0.15) is 49.1 Å². The quantitative estimate of drug-likeness (QED) is 0.557. The van der Waals surface area contributed by atoms with Crippen molar-refractivity contribution < 1.29 is 23.0 Å². The van der Waals surface area contributed by atoms with Crippen LogP contribution in [0.15, 0.2) is 48.1 Å². The maximum atomic E-state index is 13.6. The van der Waals surface area contributed by atoms with Crippen LogP contribution in [0.2, 0.25) is 0 Å². The first kappa shape index (κ1) is 25.2. The van der Waals surface area contributed by atoms with Crippen LogP contribution in [-0.2, 0) is 24.4 Å². The summed E-state index contributed by atoms with van der Waals surface area (Å²) in [6, 6.07) is 4.26. The lowest BCUT2D eigenvalue weighted by Gasteiger charge is -2.48. The Morgan fingerprint density at radius 1 is 1.30 bits per heavy atom. The minimum atomic E-state index is -4.77. The predicted octanol–water partition coefficient (Wildman–Crippen LogP) is 4.17. The van der Waals surface area contributed by atoms with Gasteiger partial charge in [-0.2, -0.15) is 23.5 Å². The van der Waals surface area contributed by atoms with Gasteiger partial charge >= 0.3 is 6.18 Å². The van der Waals surface area contributed by atoms with E-state index in [4.69, 9.17) is 22.2 Å². The molecule has 1 N–H and O–H groups in total. The third-order valence-corrected chi connectivity index (χ3v) is 7.67. The molecule has 0 aromatic carbocycles. The Kier molecular flexibility index (Phi) is 6.45. The molecule has 2 aromatic rings. The number of hydrogen-bond acceptors (Lipinski definition) is 6. The molecule has 0 amide bonds. The number of aromatic nitrogens is 3. The number of aryl methyl sites for hydroxylation is 1. The molecule has 8 nitrogen and oxygen atoms in total. The zero-order valence-electron chi connectivity index (χ0n) is 20.1. The molecule has 37 heavy (non-hydrogen) atoms. The molecule has 3 aliphatic rings. The number of anilines is 1. The lowest BCUT2D eigenvalue weighted by Crippen LogP contribution is -2.56. The molecule has 0 bridgehead atoms. The summed E-state index contributed by atoms with van der Waals surface area (Å²) in [5.74, 6) is 0.835. The van der Waals surface area contributed by atoms with E-state index in [0.29, 0.717) is 32.3 Å². The molecule has 1 aliphatic heterocycles. The third kappa shape index (κ3) is 4.36. The molecule has 0 radical (unpaired) electrons. The van der Waals surface area contributed by atoms with Gasteiger partial charge in [0, 0.05) is 37.5 Å². The van der Waals surface area contributed by atoms with Crippen LogP contribution >= 0.6 is 12.2 Å². The standard InChI is InChI=1S/C25H25F3N6O2S/c1-32-16(7-11-31-32)8-12-36-19-5-3-17(4-6-19)34-23(37)33(22(35)24(34)9-2-10-24)18-13-20(25(26,27)28)21(14-29)30-15-18/h3,5,7,11,13,15,22,35H,2,4,6,8-10,12H2,1H3. The number of nitriles is 1. The Hall–Kier alpha value is -3.43. The van der Waals surface area contributed by atoms with E-state index in [-0.39, 0.29) is 10.8 Å². The molecule has 1 saturated carbocycles. The molecule has 12 heteroatoms. The van der Waals surface area contributed by atoms with Gasteiger partial charge < -0.3 is 14.7 Å². The molecular formula is C25H25F3N6O2S. The molecular weight excluding hydrogens is 505 g/mol. The van der Waals surface area contributed by atoms with Crippen LogP contribution in [0.5, 0.6) is 0 Å². The van der Waals surface area contributed by atoms with E-state index in [1.54, 1.807) is 10.9 Å². The Bertz CT molecular complexity index is 1320. The number of allylic oxidation sites excluding steroid dienone is 4. The number of hydrogen-bond donors (Lipinski definition) is 1. The SMILES string of the molecule is Cn1nccc1CCOC1=CC=C(N2C(=S)N(c3cnc(C#N)c(C(F)(F)F)c3)C(O)C23CCC3)CC1. The molecule has 194 valence electrons. The van der Waals surface area contributed by atoms with Crippen molar-refractivity contribution in [2.75, 3.05) is 11.5 Å². The van der Waals surface area contributed by atoms with Gasteiger partial charge in [0.1, 0.15) is 6.07 Å². The van der Waals surface area contributed by atoms with Crippen LogP contribution in [0.25, 0.3) is 0 Å². The lowest BCUT2D eigenvalue weighted by atomic mass is 9.74. The summed E-state index contributed by atoms with van der Waals surface area (Å²) in [6.45, 7) is 0.514. The molecule has 1 saturated heterocycles. The summed E-state index contributed by atoms with van der Waals surface area (Å²) >= 11 is 5.72. The first-order valence-corrected chi connectivity index (χ1v) is 12.3. The maximum Gasteiger partial charge on any atom is 0.419 e. The first-order chi connectivity index (χ1) is 17.7. The van der Waals surface area contributed by atoms with Crippen LogP contribution in [-0.4, -0.2) is 48.3 Å². The van der Waals surface area contributed by atoms with Gasteiger partial charge in [-0.15, -0.1) is 0 Å². The number of thiocarbonyl (C=S) groups is 1. The van der Waals surface area contributed by atoms with Gasteiger partial charge in [-0.1, -0.05) is 0 Å². The van der Waals surface area contributed by atoms with Crippen molar-refractivity contribution in [3.63, 3.8) is 0 Å². The minimum absolute atomic E-state index is 0.00346. The van der Waals surface area contributed by atoms with Crippen molar-refractivity contribution in [1.82, 2.24) is 19.7 Å². The van der Waals surface area contributed by atoms with Gasteiger partial charge in [-0.3, -0.25) is 9.58 Å². The van der Waals surface area contributed by atoms with Gasteiger partial charge in [0.25, 0.3) is 0 Å². The predicted molar refractivity (Wildman–Crippen MR) is 132 cm³/mol. The summed E-state index contributed by atoms with van der Waals surface area (Å²) in [5, 5.41) is 24.8. The third-order valence-electron chi connectivity index (χ3n) is 7.29. The molecule has 5 rings (SSSR count). The molecule has 2 aromatic heterocycles. The normalized spacial score (nSPS) is 21.0. The van der Waals surface area contributed by atoms with Crippen LogP contribution in [0, 0.1) is 11.3 Å². The highest BCUT2D eigenvalue weighted by Crippen LogP contribution is 2.51. The van der Waals surface area contributed by atoms with Crippen LogP contribution in [0.4, 0.5) is 18.9 Å². The number of aliphatic hydroxyl groups excluding tert-OH is 1. The van der Waals surface area contributed by atoms with Crippen molar-refractivity contribution in [3.05, 3.63) is 65.1 Å². The monoisotopic (exact) mass is 530 g/mol. The van der Waals surface area contributed by atoms with E-state index in [0.717, 1.165) is 42.3 Å². The maximum absolute atomic E-state index is 13.6. The number of alkyl halides is 3. The zero-order valence-corrected chi connectivity index (χ0v) is 20.9. The number of aliphatic hydroxyl groups is 1. The van der Waals surface area contributed by atoms with E-state index in [1.165, 1.54) is 11.0 Å². The average molecular weight is 531 g/mol. The van der Waals surface area contributed by atoms with Gasteiger partial charge in [0.05, 0.1) is 35.4 Å². The van der Waals surface area contributed by atoms with Crippen LogP contribution < -0.4 is 4.90 Å². The highest BCUT2D eigenvalue weighted by Gasteiger charge is 2.59. The molecule has 3 heterocycles. The number of rotatable bonds is 6. The number of ether oxygens (including phenoxy) is 1. The van der Waals surface area contributed by atoms with Crippen molar-refractivity contribution >= 4 is 23.0 Å². The highest BCUT2D eigenvalue weighted by atomic mass is 32.1. The molecule has 1 spiro atoms. The van der Waals surface area contributed by atoms with E-state index in [1.807, 2.05) is 30.2 Å². The molecule has 1 atom stereocenters. The van der Waals surface area contributed by atoms with Crippen LogP contribution in [0.3, 0.4) is 0 Å². The second-order valence-corrected chi connectivity index (χ2v) is 9.72. The van der Waals surface area contributed by atoms with Crippen molar-refractivity contribution in [2.45, 2.75) is 56.5 Å². The molecule has 2 fully saturated rings. The Balaban J connectivity index is 1.38. The fourth-order valence-electron chi connectivity index (χ4n) is 5.18.